The summed E-state index contributed by atoms with van der Waals surface area (Å²) in [6.45, 7) is 9.48. The summed E-state index contributed by atoms with van der Waals surface area (Å²) in [5.41, 5.74) is 1.62. The van der Waals surface area contributed by atoms with Gasteiger partial charge in [0.1, 0.15) is 5.15 Å². The molecule has 0 aromatic carbocycles. The van der Waals surface area contributed by atoms with Gasteiger partial charge in [-0.25, -0.2) is 0 Å². The Morgan fingerprint density at radius 1 is 1.28 bits per heavy atom. The van der Waals surface area contributed by atoms with E-state index in [9.17, 15) is 4.79 Å². The number of hydrogen-bond acceptors (Lipinski definition) is 6. The first kappa shape index (κ1) is 21.1. The van der Waals surface area contributed by atoms with Gasteiger partial charge in [0, 0.05) is 44.4 Å². The minimum Gasteiger partial charge on any atom is -0.480 e. The normalized spacial score (nSPS) is 14.8. The minimum atomic E-state index is -0.0338. The number of halogens is 1. The van der Waals surface area contributed by atoms with Crippen LogP contribution in [0.4, 0.5) is 5.82 Å². The lowest BCUT2D eigenvalue weighted by Crippen LogP contribution is -2.48. The summed E-state index contributed by atoms with van der Waals surface area (Å²) in [7, 11) is 1.57. The maximum Gasteiger partial charge on any atom is 0.246 e. The van der Waals surface area contributed by atoms with Gasteiger partial charge >= 0.3 is 0 Å². The largest absolute Gasteiger partial charge is 0.480 e. The van der Waals surface area contributed by atoms with Crippen LogP contribution in [0, 0.1) is 12.8 Å². The van der Waals surface area contributed by atoms with E-state index in [2.05, 4.69) is 33.8 Å². The third kappa shape index (κ3) is 5.06. The van der Waals surface area contributed by atoms with Crippen LogP contribution >= 0.6 is 11.6 Å². The molecule has 0 N–H and O–H groups in total. The second-order valence-electron chi connectivity index (χ2n) is 7.43. The molecule has 1 fully saturated rings. The molecular weight excluding hydrogens is 392 g/mol. The molecule has 0 aliphatic carbocycles. The molecule has 1 saturated heterocycles. The monoisotopic (exact) mass is 418 g/mol. The molecule has 2 aromatic heterocycles. The molecule has 156 valence electrons. The van der Waals surface area contributed by atoms with E-state index in [-0.39, 0.29) is 5.91 Å². The van der Waals surface area contributed by atoms with E-state index < -0.39 is 0 Å². The molecular formula is C20H27ClN6O2. The summed E-state index contributed by atoms with van der Waals surface area (Å²) in [5.74, 6) is 1.64. The molecule has 0 bridgehead atoms. The number of carbonyl (C=O) groups excluding carboxylic acids is 1. The predicted molar refractivity (Wildman–Crippen MR) is 113 cm³/mol. The van der Waals surface area contributed by atoms with Crippen molar-refractivity contribution in [3.63, 3.8) is 0 Å². The number of aromatic nitrogens is 4. The number of amides is 1. The third-order valence-corrected chi connectivity index (χ3v) is 5.16. The lowest BCUT2D eigenvalue weighted by molar-refractivity contribution is -0.126. The zero-order chi connectivity index (χ0) is 21.0. The van der Waals surface area contributed by atoms with Crippen LogP contribution in [0.25, 0.3) is 6.08 Å². The summed E-state index contributed by atoms with van der Waals surface area (Å²) in [5, 5.41) is 5.05. The average Bonchev–Trinajstić information content (AvgIpc) is 2.98. The lowest BCUT2D eigenvalue weighted by atomic mass is 10.2. The second kappa shape index (κ2) is 9.26. The standard InChI is InChI=1S/C20H27ClN6O2/c1-14(2)13-27-20(21)16(15(3)24-27)5-6-19(28)26-9-7-25(8-10-26)17-11-22-12-18(23-17)29-4/h5-6,11-12,14H,7-10,13H2,1-4H3. The van der Waals surface area contributed by atoms with Crippen molar-refractivity contribution in [1.82, 2.24) is 24.6 Å². The number of methoxy groups -OCH3 is 1. The fourth-order valence-electron chi connectivity index (χ4n) is 3.23. The Morgan fingerprint density at radius 3 is 2.66 bits per heavy atom. The molecule has 0 atom stereocenters. The van der Waals surface area contributed by atoms with Gasteiger partial charge in [-0.15, -0.1) is 0 Å². The van der Waals surface area contributed by atoms with E-state index in [0.717, 1.165) is 23.6 Å². The summed E-state index contributed by atoms with van der Waals surface area (Å²) >= 11 is 6.45. The van der Waals surface area contributed by atoms with Gasteiger partial charge in [-0.1, -0.05) is 25.4 Å². The van der Waals surface area contributed by atoms with Gasteiger partial charge < -0.3 is 14.5 Å². The van der Waals surface area contributed by atoms with Crippen molar-refractivity contribution in [2.45, 2.75) is 27.3 Å². The number of rotatable bonds is 6. The summed E-state index contributed by atoms with van der Waals surface area (Å²) in [6.07, 6.45) is 6.63. The highest BCUT2D eigenvalue weighted by atomic mass is 35.5. The van der Waals surface area contributed by atoms with Gasteiger partial charge in [0.25, 0.3) is 0 Å². The van der Waals surface area contributed by atoms with Crippen LogP contribution in [0.5, 0.6) is 5.88 Å². The average molecular weight is 419 g/mol. The Morgan fingerprint density at radius 2 is 2.00 bits per heavy atom. The first-order valence-electron chi connectivity index (χ1n) is 9.70. The first-order valence-corrected chi connectivity index (χ1v) is 10.1. The number of anilines is 1. The number of hydrogen-bond donors (Lipinski definition) is 0. The lowest BCUT2D eigenvalue weighted by Gasteiger charge is -2.34. The van der Waals surface area contributed by atoms with Crippen LogP contribution in [-0.2, 0) is 11.3 Å². The Labute approximate surface area is 176 Å². The molecule has 1 aliphatic heterocycles. The minimum absolute atomic E-state index is 0.0338. The molecule has 3 rings (SSSR count). The van der Waals surface area contributed by atoms with E-state index in [4.69, 9.17) is 16.3 Å². The first-order chi connectivity index (χ1) is 13.9. The molecule has 1 amide bonds. The fourth-order valence-corrected chi connectivity index (χ4v) is 3.53. The summed E-state index contributed by atoms with van der Waals surface area (Å²) < 4.78 is 6.92. The van der Waals surface area contributed by atoms with Crippen molar-refractivity contribution in [2.24, 2.45) is 5.92 Å². The van der Waals surface area contributed by atoms with Crippen molar-refractivity contribution < 1.29 is 9.53 Å². The molecule has 0 saturated carbocycles. The zero-order valence-corrected chi connectivity index (χ0v) is 18.1. The van der Waals surface area contributed by atoms with Gasteiger partial charge in [-0.05, 0) is 18.9 Å². The van der Waals surface area contributed by atoms with Gasteiger partial charge in [-0.2, -0.15) is 10.1 Å². The van der Waals surface area contributed by atoms with Crippen LogP contribution in [0.2, 0.25) is 5.15 Å². The quantitative estimate of drug-likeness (QED) is 0.671. The molecule has 8 nitrogen and oxygen atoms in total. The second-order valence-corrected chi connectivity index (χ2v) is 7.79. The Hall–Kier alpha value is -2.61. The van der Waals surface area contributed by atoms with Crippen molar-refractivity contribution in [3.8, 4) is 5.88 Å². The Kier molecular flexibility index (Phi) is 6.74. The summed E-state index contributed by atoms with van der Waals surface area (Å²) in [6, 6.07) is 0. The highest BCUT2D eigenvalue weighted by Crippen LogP contribution is 2.22. The van der Waals surface area contributed by atoms with E-state index in [1.807, 2.05) is 11.8 Å². The summed E-state index contributed by atoms with van der Waals surface area (Å²) in [4.78, 5) is 25.1. The van der Waals surface area contributed by atoms with Gasteiger partial charge in [-0.3, -0.25) is 14.5 Å². The Bertz CT molecular complexity index is 887. The molecule has 0 spiro atoms. The topological polar surface area (TPSA) is 76.4 Å². The van der Waals surface area contributed by atoms with E-state index in [1.54, 1.807) is 36.3 Å². The Balaban J connectivity index is 1.60. The van der Waals surface area contributed by atoms with Gasteiger partial charge in [0.05, 0.1) is 25.2 Å². The fraction of sp³-hybridized carbons (Fsp3) is 0.500. The van der Waals surface area contributed by atoms with Crippen LogP contribution < -0.4 is 9.64 Å². The number of nitrogens with zero attached hydrogens (tertiary/aromatic N) is 6. The molecule has 2 aromatic rings. The van der Waals surface area contributed by atoms with E-state index >= 15 is 0 Å². The maximum atomic E-state index is 12.6. The van der Waals surface area contributed by atoms with Crippen molar-refractivity contribution in [3.05, 3.63) is 34.9 Å². The predicted octanol–water partition coefficient (Wildman–Crippen LogP) is 2.66. The zero-order valence-electron chi connectivity index (χ0n) is 17.3. The smallest absolute Gasteiger partial charge is 0.246 e. The molecule has 9 heteroatoms. The highest BCUT2D eigenvalue weighted by Gasteiger charge is 2.21. The van der Waals surface area contributed by atoms with Crippen LogP contribution in [0.3, 0.4) is 0 Å². The van der Waals surface area contributed by atoms with Crippen LogP contribution in [0.1, 0.15) is 25.1 Å². The maximum absolute atomic E-state index is 12.6. The third-order valence-electron chi connectivity index (χ3n) is 4.76. The van der Waals surface area contributed by atoms with Gasteiger partial charge in [0.15, 0.2) is 5.82 Å². The van der Waals surface area contributed by atoms with Crippen molar-refractivity contribution in [1.29, 1.82) is 0 Å². The van der Waals surface area contributed by atoms with E-state index in [1.165, 1.54) is 0 Å². The van der Waals surface area contributed by atoms with E-state index in [0.29, 0.717) is 43.1 Å². The van der Waals surface area contributed by atoms with Crippen molar-refractivity contribution in [2.75, 3.05) is 38.2 Å². The number of ether oxygens (including phenoxy) is 1. The molecule has 3 heterocycles. The molecule has 1 aliphatic rings. The van der Waals surface area contributed by atoms with Crippen LogP contribution in [0.15, 0.2) is 18.5 Å². The molecule has 29 heavy (non-hydrogen) atoms. The molecule has 0 unspecified atom stereocenters. The number of piperazine rings is 1. The van der Waals surface area contributed by atoms with Crippen LogP contribution in [-0.4, -0.2) is 63.8 Å². The van der Waals surface area contributed by atoms with Crippen molar-refractivity contribution >= 4 is 29.4 Å². The number of aryl methyl sites for hydroxylation is 1. The number of carbonyl (C=O) groups is 1. The highest BCUT2D eigenvalue weighted by molar-refractivity contribution is 6.31. The SMILES string of the molecule is COc1cncc(N2CCN(C(=O)C=Cc3c(C)nn(CC(C)C)c3Cl)CC2)n1. The molecule has 0 radical (unpaired) electrons. The van der Waals surface area contributed by atoms with Gasteiger partial charge in [0.2, 0.25) is 11.8 Å².